The van der Waals surface area contributed by atoms with Crippen LogP contribution in [0, 0.1) is 5.92 Å². The van der Waals surface area contributed by atoms with Crippen molar-refractivity contribution in [1.29, 1.82) is 0 Å². The van der Waals surface area contributed by atoms with Crippen molar-refractivity contribution in [3.05, 3.63) is 35.1 Å². The molecule has 0 unspecified atom stereocenters. The number of allylic oxidation sites excluding steroid dienone is 2. The lowest BCUT2D eigenvalue weighted by Gasteiger charge is -2.27. The van der Waals surface area contributed by atoms with Gasteiger partial charge in [-0.05, 0) is 25.8 Å². The number of nitrogens with one attached hydrogen (secondary N) is 3. The Labute approximate surface area is 130 Å². The molecule has 0 aliphatic carbocycles. The average Bonchev–Trinajstić information content (AvgIpc) is 2.87. The van der Waals surface area contributed by atoms with E-state index < -0.39 is 6.04 Å². The highest BCUT2D eigenvalue weighted by atomic mass is 16.2. The summed E-state index contributed by atoms with van der Waals surface area (Å²) in [5.41, 5.74) is 2.14. The highest BCUT2D eigenvalue weighted by molar-refractivity contribution is 6.07. The molecule has 0 spiro atoms. The molecule has 3 N–H and O–H groups in total. The van der Waals surface area contributed by atoms with Crippen molar-refractivity contribution in [3.63, 3.8) is 0 Å². The number of aromatic nitrogens is 2. The van der Waals surface area contributed by atoms with E-state index in [1.54, 1.807) is 12.3 Å². The minimum absolute atomic E-state index is 0.0494. The molecule has 1 saturated heterocycles. The highest BCUT2D eigenvalue weighted by Gasteiger charge is 2.31. The zero-order valence-electron chi connectivity index (χ0n) is 13.4. The quantitative estimate of drug-likeness (QED) is 0.582. The molecule has 1 fully saturated rings. The summed E-state index contributed by atoms with van der Waals surface area (Å²) in [6.45, 7) is 7.84. The Hall–Kier alpha value is -2.37. The van der Waals surface area contributed by atoms with Crippen molar-refractivity contribution in [1.82, 2.24) is 20.6 Å². The lowest BCUT2D eigenvalue weighted by molar-refractivity contribution is -0.132. The number of rotatable bonds is 4. The first-order valence-corrected chi connectivity index (χ1v) is 7.37. The molecule has 1 aliphatic rings. The van der Waals surface area contributed by atoms with E-state index in [4.69, 9.17) is 0 Å². The maximum atomic E-state index is 12.0. The van der Waals surface area contributed by atoms with E-state index in [9.17, 15) is 9.59 Å². The summed E-state index contributed by atoms with van der Waals surface area (Å²) in [5.74, 6) is 0.396. The molecule has 2 rings (SSSR count). The van der Waals surface area contributed by atoms with Crippen molar-refractivity contribution in [3.8, 4) is 0 Å². The first-order chi connectivity index (χ1) is 10.4. The van der Waals surface area contributed by atoms with Crippen molar-refractivity contribution in [2.45, 2.75) is 40.2 Å². The van der Waals surface area contributed by atoms with E-state index in [1.165, 1.54) is 5.57 Å². The van der Waals surface area contributed by atoms with Crippen LogP contribution in [0.3, 0.4) is 0 Å². The topological polar surface area (TPSA) is 86.9 Å². The monoisotopic (exact) mass is 302 g/mol. The van der Waals surface area contributed by atoms with E-state index in [-0.39, 0.29) is 23.4 Å². The third kappa shape index (κ3) is 3.84. The fourth-order valence-corrected chi connectivity index (χ4v) is 2.13. The van der Waals surface area contributed by atoms with E-state index in [0.29, 0.717) is 12.1 Å². The summed E-state index contributed by atoms with van der Waals surface area (Å²) in [6, 6.07) is -0.486. The fourth-order valence-electron chi connectivity index (χ4n) is 2.13. The number of hydrogen-bond donors (Lipinski definition) is 3. The van der Waals surface area contributed by atoms with Gasteiger partial charge >= 0.3 is 0 Å². The van der Waals surface area contributed by atoms with Gasteiger partial charge in [-0.15, -0.1) is 0 Å². The molecule has 1 atom stereocenters. The van der Waals surface area contributed by atoms with Gasteiger partial charge in [-0.1, -0.05) is 25.5 Å². The molecular formula is C16H22N4O2. The van der Waals surface area contributed by atoms with Crippen LogP contribution >= 0.6 is 0 Å². The Kier molecular flexibility index (Phi) is 4.80. The van der Waals surface area contributed by atoms with E-state index >= 15 is 0 Å². The molecule has 6 nitrogen and oxygen atoms in total. The smallest absolute Gasteiger partial charge is 0.268 e. The fraction of sp³-hybridized carbons (Fsp3) is 0.438. The second-order valence-electron chi connectivity index (χ2n) is 6.01. The van der Waals surface area contributed by atoms with Crippen LogP contribution in [0.15, 0.2) is 23.5 Å². The molecule has 6 heteroatoms. The Morgan fingerprint density at radius 3 is 2.73 bits per heavy atom. The lowest BCUT2D eigenvalue weighted by atomic mass is 10.0. The first-order valence-electron chi connectivity index (χ1n) is 7.37. The largest absolute Gasteiger partial charge is 0.342 e. The number of nitrogens with zero attached hydrogens (tertiary/aromatic N) is 1. The van der Waals surface area contributed by atoms with Gasteiger partial charge < -0.3 is 15.6 Å². The molecule has 1 aromatic heterocycles. The Morgan fingerprint density at radius 2 is 2.09 bits per heavy atom. The van der Waals surface area contributed by atoms with E-state index in [1.807, 2.05) is 27.7 Å². The van der Waals surface area contributed by atoms with Crippen LogP contribution in [0.25, 0.3) is 6.08 Å². The van der Waals surface area contributed by atoms with Crippen LogP contribution < -0.4 is 10.6 Å². The number of aromatic amines is 1. The number of carbonyl (C=O) groups excluding carboxylic acids is 2. The van der Waals surface area contributed by atoms with Gasteiger partial charge in [-0.2, -0.15) is 0 Å². The Balaban J connectivity index is 2.11. The molecule has 0 aromatic carbocycles. The summed E-state index contributed by atoms with van der Waals surface area (Å²) < 4.78 is 0. The molecule has 1 aromatic rings. The number of imidazole rings is 1. The van der Waals surface area contributed by atoms with Crippen LogP contribution in [-0.2, 0) is 16.0 Å². The highest BCUT2D eigenvalue weighted by Crippen LogP contribution is 2.11. The second kappa shape index (κ2) is 6.60. The number of amides is 2. The van der Waals surface area contributed by atoms with Crippen LogP contribution in [-0.4, -0.2) is 27.8 Å². The third-order valence-electron chi connectivity index (χ3n) is 3.39. The number of carbonyl (C=O) groups is 2. The summed E-state index contributed by atoms with van der Waals surface area (Å²) >= 11 is 0. The molecule has 0 saturated carbocycles. The normalized spacial score (nSPS) is 20.0. The Morgan fingerprint density at radius 1 is 1.36 bits per heavy atom. The molecule has 2 amide bonds. The number of piperazine rings is 1. The van der Waals surface area contributed by atoms with E-state index in [2.05, 4.69) is 26.7 Å². The Bertz CT molecular complexity index is 636. The predicted octanol–water partition coefficient (Wildman–Crippen LogP) is 1.53. The molecule has 0 radical (unpaired) electrons. The standard InChI is InChI=1S/C16H22N4O2/c1-9(2)5-6-13-17-8-11(18-13)7-12-15(21)20-14(10(3)4)16(22)19-12/h5,7-8,10,14H,6H2,1-4H3,(H,17,18)(H,19,22)(H,20,21)/b12-7-/t14-/m0/s1. The van der Waals surface area contributed by atoms with Crippen molar-refractivity contribution < 1.29 is 9.59 Å². The number of hydrogen-bond acceptors (Lipinski definition) is 3. The molecule has 2 heterocycles. The second-order valence-corrected chi connectivity index (χ2v) is 6.01. The third-order valence-corrected chi connectivity index (χ3v) is 3.39. The summed E-state index contributed by atoms with van der Waals surface area (Å²) in [6.07, 6.45) is 6.02. The summed E-state index contributed by atoms with van der Waals surface area (Å²) in [5, 5.41) is 5.38. The zero-order chi connectivity index (χ0) is 16.3. The lowest BCUT2D eigenvalue weighted by Crippen LogP contribution is -2.56. The van der Waals surface area contributed by atoms with Gasteiger partial charge in [0.05, 0.1) is 11.9 Å². The maximum Gasteiger partial charge on any atom is 0.268 e. The molecule has 118 valence electrons. The van der Waals surface area contributed by atoms with Gasteiger partial charge in [0.2, 0.25) is 5.91 Å². The number of H-pyrrole nitrogens is 1. The zero-order valence-corrected chi connectivity index (χ0v) is 13.4. The van der Waals surface area contributed by atoms with Crippen LogP contribution in [0.4, 0.5) is 0 Å². The van der Waals surface area contributed by atoms with Gasteiger partial charge in [0.15, 0.2) is 0 Å². The average molecular weight is 302 g/mol. The molecule has 22 heavy (non-hydrogen) atoms. The molecule has 0 bridgehead atoms. The first kappa shape index (κ1) is 16.0. The van der Waals surface area contributed by atoms with Crippen LogP contribution in [0.1, 0.15) is 39.2 Å². The van der Waals surface area contributed by atoms with Crippen LogP contribution in [0.2, 0.25) is 0 Å². The summed E-state index contributed by atoms with van der Waals surface area (Å²) in [4.78, 5) is 31.4. The van der Waals surface area contributed by atoms with Crippen molar-refractivity contribution in [2.75, 3.05) is 0 Å². The minimum Gasteiger partial charge on any atom is -0.342 e. The van der Waals surface area contributed by atoms with Gasteiger partial charge in [-0.25, -0.2) is 4.98 Å². The SMILES string of the molecule is CC(C)=CCc1ncc(/C=C2\NC(=O)[C@H](C(C)C)NC2=O)[nH]1. The predicted molar refractivity (Wildman–Crippen MR) is 84.6 cm³/mol. The summed E-state index contributed by atoms with van der Waals surface area (Å²) in [7, 11) is 0. The van der Waals surface area contributed by atoms with Gasteiger partial charge in [0, 0.05) is 6.42 Å². The van der Waals surface area contributed by atoms with Crippen molar-refractivity contribution >= 4 is 17.9 Å². The van der Waals surface area contributed by atoms with Gasteiger partial charge in [-0.3, -0.25) is 9.59 Å². The van der Waals surface area contributed by atoms with Crippen LogP contribution in [0.5, 0.6) is 0 Å². The minimum atomic E-state index is -0.486. The molecular weight excluding hydrogens is 280 g/mol. The van der Waals surface area contributed by atoms with Gasteiger partial charge in [0.1, 0.15) is 17.6 Å². The van der Waals surface area contributed by atoms with E-state index in [0.717, 1.165) is 5.82 Å². The molecule has 1 aliphatic heterocycles. The van der Waals surface area contributed by atoms with Gasteiger partial charge in [0.25, 0.3) is 5.91 Å². The maximum absolute atomic E-state index is 12.0. The van der Waals surface area contributed by atoms with Crippen molar-refractivity contribution in [2.24, 2.45) is 5.92 Å².